The molecule has 0 saturated carbocycles. The topological polar surface area (TPSA) is 72.5 Å². The van der Waals surface area contributed by atoms with Gasteiger partial charge < -0.3 is 10.1 Å². The van der Waals surface area contributed by atoms with Gasteiger partial charge in [-0.05, 0) is 62.4 Å². The fourth-order valence-electron chi connectivity index (χ4n) is 2.01. The Labute approximate surface area is 148 Å². The number of benzene rings is 2. The van der Waals surface area contributed by atoms with Gasteiger partial charge in [-0.25, -0.2) is 8.42 Å². The Balaban J connectivity index is 2.08. The van der Waals surface area contributed by atoms with Crippen molar-refractivity contribution in [2.45, 2.75) is 30.4 Å². The summed E-state index contributed by atoms with van der Waals surface area (Å²) in [6.45, 7) is 3.12. The third kappa shape index (κ3) is 4.98. The largest absolute Gasteiger partial charge is 0.573 e. The predicted molar refractivity (Wildman–Crippen MR) is 89.8 cm³/mol. The first kappa shape index (κ1) is 19.8. The molecule has 2 aromatic carbocycles. The van der Waals surface area contributed by atoms with Crippen LogP contribution < -0.4 is 10.1 Å². The van der Waals surface area contributed by atoms with Crippen LogP contribution in [0.25, 0.3) is 0 Å². The van der Waals surface area contributed by atoms with Gasteiger partial charge >= 0.3 is 6.36 Å². The predicted octanol–water partition coefficient (Wildman–Crippen LogP) is 4.02. The summed E-state index contributed by atoms with van der Waals surface area (Å²) in [4.78, 5) is 12.3. The molecule has 26 heavy (non-hydrogen) atoms. The van der Waals surface area contributed by atoms with E-state index in [2.05, 4.69) is 10.1 Å². The fourth-order valence-corrected chi connectivity index (χ4v) is 3.07. The molecular weight excluding hydrogens is 371 g/mol. The highest BCUT2D eigenvalue weighted by atomic mass is 32.2. The van der Waals surface area contributed by atoms with Gasteiger partial charge in [0, 0.05) is 11.3 Å². The maximum atomic E-state index is 12.2. The maximum Gasteiger partial charge on any atom is 0.573 e. The van der Waals surface area contributed by atoms with Crippen LogP contribution >= 0.6 is 0 Å². The zero-order valence-electron chi connectivity index (χ0n) is 13.9. The van der Waals surface area contributed by atoms with Gasteiger partial charge in [-0.3, -0.25) is 4.79 Å². The number of anilines is 1. The number of hydrogen-bond donors (Lipinski definition) is 1. The lowest BCUT2D eigenvalue weighted by Gasteiger charge is -2.10. The van der Waals surface area contributed by atoms with Crippen LogP contribution in [0.3, 0.4) is 0 Å². The average molecular weight is 387 g/mol. The molecule has 1 N–H and O–H groups in total. The summed E-state index contributed by atoms with van der Waals surface area (Å²) >= 11 is 0. The number of sulfone groups is 1. The smallest absolute Gasteiger partial charge is 0.406 e. The van der Waals surface area contributed by atoms with E-state index in [0.717, 1.165) is 12.1 Å². The van der Waals surface area contributed by atoms with E-state index >= 15 is 0 Å². The standard InChI is InChI=1S/C17H16F3NO4S/c1-11(2)26(23,24)15-9-3-12(4-10-15)16(22)21-13-5-7-14(8-6-13)25-17(18,19)20/h3-11H,1-2H3,(H,21,22). The van der Waals surface area contributed by atoms with E-state index in [1.54, 1.807) is 13.8 Å². The Morgan fingerprint density at radius 2 is 1.54 bits per heavy atom. The SMILES string of the molecule is CC(C)S(=O)(=O)c1ccc(C(=O)Nc2ccc(OC(F)(F)F)cc2)cc1. The first-order valence-corrected chi connectivity index (χ1v) is 9.05. The van der Waals surface area contributed by atoms with Crippen molar-refractivity contribution in [1.29, 1.82) is 0 Å². The van der Waals surface area contributed by atoms with E-state index in [1.165, 1.54) is 36.4 Å². The lowest BCUT2D eigenvalue weighted by atomic mass is 10.2. The Morgan fingerprint density at radius 1 is 1.00 bits per heavy atom. The molecule has 2 aromatic rings. The third-order valence-electron chi connectivity index (χ3n) is 3.41. The number of carbonyl (C=O) groups is 1. The van der Waals surface area contributed by atoms with Crippen LogP contribution in [0.4, 0.5) is 18.9 Å². The van der Waals surface area contributed by atoms with Gasteiger partial charge in [-0.1, -0.05) is 0 Å². The first-order valence-electron chi connectivity index (χ1n) is 7.50. The fraction of sp³-hybridized carbons (Fsp3) is 0.235. The van der Waals surface area contributed by atoms with Gasteiger partial charge in [-0.15, -0.1) is 13.2 Å². The molecule has 0 bridgehead atoms. The third-order valence-corrected chi connectivity index (χ3v) is 5.58. The van der Waals surface area contributed by atoms with Crippen molar-refractivity contribution in [2.75, 3.05) is 5.32 Å². The summed E-state index contributed by atoms with van der Waals surface area (Å²) < 4.78 is 64.1. The Bertz CT molecular complexity index is 874. The number of nitrogens with one attached hydrogen (secondary N) is 1. The van der Waals surface area contributed by atoms with Crippen molar-refractivity contribution >= 4 is 21.4 Å². The molecule has 5 nitrogen and oxygen atoms in total. The minimum Gasteiger partial charge on any atom is -0.406 e. The van der Waals surface area contributed by atoms with Crippen molar-refractivity contribution in [2.24, 2.45) is 0 Å². The molecule has 0 aliphatic carbocycles. The van der Waals surface area contributed by atoms with Crippen LogP contribution in [-0.2, 0) is 9.84 Å². The minimum absolute atomic E-state index is 0.109. The first-order chi connectivity index (χ1) is 12.0. The molecule has 2 rings (SSSR count). The summed E-state index contributed by atoms with van der Waals surface area (Å²) in [5.74, 6) is -0.929. The summed E-state index contributed by atoms with van der Waals surface area (Å²) in [7, 11) is -3.44. The molecule has 0 aliphatic rings. The lowest BCUT2D eigenvalue weighted by Crippen LogP contribution is -2.17. The molecule has 0 atom stereocenters. The number of halogens is 3. The molecule has 9 heteroatoms. The summed E-state index contributed by atoms with van der Waals surface area (Å²) in [5, 5.41) is 1.92. The van der Waals surface area contributed by atoms with Gasteiger partial charge in [0.15, 0.2) is 9.84 Å². The van der Waals surface area contributed by atoms with Crippen LogP contribution in [0, 0.1) is 0 Å². The molecule has 0 aromatic heterocycles. The summed E-state index contributed by atoms with van der Waals surface area (Å²) in [6.07, 6.45) is -4.79. The highest BCUT2D eigenvalue weighted by Gasteiger charge is 2.31. The van der Waals surface area contributed by atoms with Crippen LogP contribution in [-0.4, -0.2) is 25.9 Å². The molecule has 1 amide bonds. The van der Waals surface area contributed by atoms with E-state index in [4.69, 9.17) is 0 Å². The van der Waals surface area contributed by atoms with Crippen molar-refractivity contribution in [3.63, 3.8) is 0 Å². The van der Waals surface area contributed by atoms with Crippen molar-refractivity contribution in [3.8, 4) is 5.75 Å². The van der Waals surface area contributed by atoms with Crippen molar-refractivity contribution < 1.29 is 31.1 Å². The number of ether oxygens (including phenoxy) is 1. The zero-order chi connectivity index (χ0) is 19.5. The second-order valence-electron chi connectivity index (χ2n) is 5.64. The number of rotatable bonds is 5. The lowest BCUT2D eigenvalue weighted by molar-refractivity contribution is -0.274. The maximum absolute atomic E-state index is 12.2. The van der Waals surface area contributed by atoms with E-state index in [9.17, 15) is 26.4 Å². The minimum atomic E-state index is -4.79. The molecule has 0 aliphatic heterocycles. The number of alkyl halides is 3. The molecule has 0 radical (unpaired) electrons. The molecule has 140 valence electrons. The molecular formula is C17H16F3NO4S. The average Bonchev–Trinajstić information content (AvgIpc) is 2.55. The number of hydrogen-bond acceptors (Lipinski definition) is 4. The molecule has 0 saturated heterocycles. The van der Waals surface area contributed by atoms with E-state index < -0.39 is 33.1 Å². The zero-order valence-corrected chi connectivity index (χ0v) is 14.7. The van der Waals surface area contributed by atoms with Crippen LogP contribution in [0.15, 0.2) is 53.4 Å². The van der Waals surface area contributed by atoms with E-state index in [0.29, 0.717) is 0 Å². The number of amides is 1. The van der Waals surface area contributed by atoms with Gasteiger partial charge in [-0.2, -0.15) is 0 Å². The monoisotopic (exact) mass is 387 g/mol. The van der Waals surface area contributed by atoms with Crippen molar-refractivity contribution in [1.82, 2.24) is 0 Å². The summed E-state index contributed by atoms with van der Waals surface area (Å²) in [5.41, 5.74) is 0.478. The Kier molecular flexibility index (Phi) is 5.60. The van der Waals surface area contributed by atoms with Gasteiger partial charge in [0.1, 0.15) is 5.75 Å². The van der Waals surface area contributed by atoms with Gasteiger partial charge in [0.2, 0.25) is 0 Å². The summed E-state index contributed by atoms with van der Waals surface area (Å²) in [6, 6.07) is 10.1. The van der Waals surface area contributed by atoms with Gasteiger partial charge in [0.05, 0.1) is 10.1 Å². The van der Waals surface area contributed by atoms with Crippen molar-refractivity contribution in [3.05, 3.63) is 54.1 Å². The van der Waals surface area contributed by atoms with Gasteiger partial charge in [0.25, 0.3) is 5.91 Å². The van der Waals surface area contributed by atoms with Crippen LogP contribution in [0.2, 0.25) is 0 Å². The molecule has 0 unspecified atom stereocenters. The second-order valence-corrected chi connectivity index (χ2v) is 8.15. The molecule has 0 spiro atoms. The second kappa shape index (κ2) is 7.36. The van der Waals surface area contributed by atoms with Crippen LogP contribution in [0.1, 0.15) is 24.2 Å². The number of carbonyl (C=O) groups excluding carboxylic acids is 1. The van der Waals surface area contributed by atoms with Crippen LogP contribution in [0.5, 0.6) is 5.75 Å². The molecule has 0 fully saturated rings. The Morgan fingerprint density at radius 3 is 2.00 bits per heavy atom. The highest BCUT2D eigenvalue weighted by Crippen LogP contribution is 2.24. The normalized spacial score (nSPS) is 12.1. The Hall–Kier alpha value is -2.55. The van der Waals surface area contributed by atoms with E-state index in [-0.39, 0.29) is 16.1 Å². The molecule has 0 heterocycles. The quantitative estimate of drug-likeness (QED) is 0.841. The highest BCUT2D eigenvalue weighted by molar-refractivity contribution is 7.92. The van der Waals surface area contributed by atoms with E-state index in [1.807, 2.05) is 0 Å².